The summed E-state index contributed by atoms with van der Waals surface area (Å²) >= 11 is 0. The molecule has 1 amide bonds. The number of hydrogen-bond donors (Lipinski definition) is 0. The highest BCUT2D eigenvalue weighted by atomic mass is 16.5. The van der Waals surface area contributed by atoms with Gasteiger partial charge >= 0.3 is 0 Å². The van der Waals surface area contributed by atoms with Gasteiger partial charge in [-0.3, -0.25) is 9.78 Å². The Morgan fingerprint density at radius 2 is 2.29 bits per heavy atom. The third kappa shape index (κ3) is 2.85. The number of carbonyl (C=O) groups is 1. The topological polar surface area (TPSA) is 64.6 Å². The lowest BCUT2D eigenvalue weighted by Gasteiger charge is -2.18. The second kappa shape index (κ2) is 6.20. The van der Waals surface area contributed by atoms with E-state index in [0.29, 0.717) is 31.2 Å². The number of carbonyl (C=O) groups excluding carboxylic acids is 1. The molecule has 6 nitrogen and oxygen atoms in total. The fourth-order valence-electron chi connectivity index (χ4n) is 3.10. The summed E-state index contributed by atoms with van der Waals surface area (Å²) in [5.74, 6) is 0.425. The largest absolute Gasteiger partial charge is 0.472 e. The van der Waals surface area contributed by atoms with Crippen LogP contribution in [0.1, 0.15) is 28.0 Å². The highest BCUT2D eigenvalue weighted by molar-refractivity contribution is 6.07. The lowest BCUT2D eigenvalue weighted by Crippen LogP contribution is -2.29. The van der Waals surface area contributed by atoms with Crippen LogP contribution in [0.2, 0.25) is 0 Å². The van der Waals surface area contributed by atoms with Gasteiger partial charge in [-0.15, -0.1) is 0 Å². The summed E-state index contributed by atoms with van der Waals surface area (Å²) in [5.41, 5.74) is 3.51. The van der Waals surface area contributed by atoms with Crippen molar-refractivity contribution < 1.29 is 14.3 Å². The third-order valence-electron chi connectivity index (χ3n) is 4.35. The molecule has 6 heteroatoms. The van der Waals surface area contributed by atoms with Crippen molar-refractivity contribution >= 4 is 11.6 Å². The molecule has 0 bridgehead atoms. The van der Waals surface area contributed by atoms with E-state index in [2.05, 4.69) is 9.97 Å². The zero-order chi connectivity index (χ0) is 16.5. The highest BCUT2D eigenvalue weighted by Crippen LogP contribution is 2.29. The summed E-state index contributed by atoms with van der Waals surface area (Å²) in [6.07, 6.45) is 5.11. The maximum atomic E-state index is 12.9. The maximum Gasteiger partial charge on any atom is 0.258 e. The first-order valence-electron chi connectivity index (χ1n) is 8.18. The first-order valence-corrected chi connectivity index (χ1v) is 8.18. The Balaban J connectivity index is 1.56. The van der Waals surface area contributed by atoms with Crippen LogP contribution in [0.15, 0.2) is 30.6 Å². The quantitative estimate of drug-likeness (QED) is 0.865. The molecular formula is C18H19N3O3. The van der Waals surface area contributed by atoms with Gasteiger partial charge in [0.1, 0.15) is 6.10 Å². The SMILES string of the molecule is Cc1cnc2c(c1)N(C(=O)c1ccnc(OC3CCOC3)c1)CC2. The predicted octanol–water partition coefficient (Wildman–Crippen LogP) is 2.16. The first-order chi connectivity index (χ1) is 11.7. The van der Waals surface area contributed by atoms with Gasteiger partial charge in [0.25, 0.3) is 5.91 Å². The van der Waals surface area contributed by atoms with E-state index in [1.807, 2.05) is 19.2 Å². The van der Waals surface area contributed by atoms with Crippen LogP contribution in [0.3, 0.4) is 0 Å². The minimum absolute atomic E-state index is 0.0159. The second-order valence-corrected chi connectivity index (χ2v) is 6.17. The molecule has 1 unspecified atom stereocenters. The lowest BCUT2D eigenvalue weighted by molar-refractivity contribution is 0.0987. The van der Waals surface area contributed by atoms with E-state index in [-0.39, 0.29) is 12.0 Å². The van der Waals surface area contributed by atoms with Crippen LogP contribution >= 0.6 is 0 Å². The van der Waals surface area contributed by atoms with Crippen molar-refractivity contribution in [2.45, 2.75) is 25.9 Å². The summed E-state index contributed by atoms with van der Waals surface area (Å²) < 4.78 is 11.1. The molecule has 0 N–H and O–H groups in total. The molecule has 0 aliphatic carbocycles. The number of anilines is 1. The first kappa shape index (κ1) is 15.1. The molecule has 1 saturated heterocycles. The average Bonchev–Trinajstić information content (AvgIpc) is 3.23. The molecule has 2 aromatic heterocycles. The van der Waals surface area contributed by atoms with E-state index in [1.165, 1.54) is 0 Å². The van der Waals surface area contributed by atoms with Crippen LogP contribution in [0, 0.1) is 6.92 Å². The van der Waals surface area contributed by atoms with E-state index < -0.39 is 0 Å². The van der Waals surface area contributed by atoms with E-state index in [9.17, 15) is 4.79 Å². The predicted molar refractivity (Wildman–Crippen MR) is 88.4 cm³/mol. The summed E-state index contributed by atoms with van der Waals surface area (Å²) in [7, 11) is 0. The Labute approximate surface area is 140 Å². The number of nitrogens with zero attached hydrogens (tertiary/aromatic N) is 3. The van der Waals surface area contributed by atoms with Crippen LogP contribution < -0.4 is 9.64 Å². The molecule has 0 spiro atoms. The van der Waals surface area contributed by atoms with Gasteiger partial charge in [0, 0.05) is 43.4 Å². The van der Waals surface area contributed by atoms with Crippen molar-refractivity contribution in [2.24, 2.45) is 0 Å². The number of aromatic nitrogens is 2. The highest BCUT2D eigenvalue weighted by Gasteiger charge is 2.27. The Bertz CT molecular complexity index is 772. The molecule has 1 fully saturated rings. The Kier molecular flexibility index (Phi) is 3.90. The van der Waals surface area contributed by atoms with Crippen molar-refractivity contribution in [2.75, 3.05) is 24.7 Å². The van der Waals surface area contributed by atoms with Gasteiger partial charge in [0.05, 0.1) is 24.6 Å². The van der Waals surface area contributed by atoms with Crippen LogP contribution in [-0.2, 0) is 11.2 Å². The van der Waals surface area contributed by atoms with Gasteiger partial charge < -0.3 is 14.4 Å². The van der Waals surface area contributed by atoms with Crippen LogP contribution in [0.5, 0.6) is 5.88 Å². The van der Waals surface area contributed by atoms with Gasteiger partial charge in [-0.05, 0) is 24.6 Å². The van der Waals surface area contributed by atoms with Gasteiger partial charge in [0.15, 0.2) is 0 Å². The average molecular weight is 325 g/mol. The van der Waals surface area contributed by atoms with Gasteiger partial charge in [-0.1, -0.05) is 0 Å². The van der Waals surface area contributed by atoms with Crippen molar-refractivity contribution in [1.82, 2.24) is 9.97 Å². The van der Waals surface area contributed by atoms with Crippen molar-refractivity contribution in [3.8, 4) is 5.88 Å². The van der Waals surface area contributed by atoms with Gasteiger partial charge in [-0.25, -0.2) is 4.98 Å². The molecule has 4 rings (SSSR count). The standard InChI is InChI=1S/C18H19N3O3/c1-12-8-16-15(20-10-12)3-6-21(16)18(22)13-2-5-19-17(9-13)24-14-4-7-23-11-14/h2,5,8-10,14H,3-4,6-7,11H2,1H3. The molecule has 0 radical (unpaired) electrons. The van der Waals surface area contributed by atoms with Crippen LogP contribution in [-0.4, -0.2) is 41.7 Å². The summed E-state index contributed by atoms with van der Waals surface area (Å²) in [4.78, 5) is 23.3. The lowest BCUT2D eigenvalue weighted by atomic mass is 10.2. The maximum absolute atomic E-state index is 12.9. The minimum Gasteiger partial charge on any atom is -0.472 e. The van der Waals surface area contributed by atoms with Crippen LogP contribution in [0.4, 0.5) is 5.69 Å². The Morgan fingerprint density at radius 1 is 1.38 bits per heavy atom. The zero-order valence-electron chi connectivity index (χ0n) is 13.6. The Hall–Kier alpha value is -2.47. The number of fused-ring (bicyclic) bond motifs is 1. The van der Waals surface area contributed by atoms with Gasteiger partial charge in [0.2, 0.25) is 5.88 Å². The number of amides is 1. The Morgan fingerprint density at radius 3 is 3.12 bits per heavy atom. The fourth-order valence-corrected chi connectivity index (χ4v) is 3.10. The summed E-state index contributed by atoms with van der Waals surface area (Å²) in [6.45, 7) is 3.92. The molecule has 24 heavy (non-hydrogen) atoms. The molecule has 124 valence electrons. The normalized spacial score (nSPS) is 19.4. The zero-order valence-corrected chi connectivity index (χ0v) is 13.6. The number of ether oxygens (including phenoxy) is 2. The summed E-state index contributed by atoms with van der Waals surface area (Å²) in [6, 6.07) is 5.45. The van der Waals surface area contributed by atoms with Crippen molar-refractivity contribution in [1.29, 1.82) is 0 Å². The molecular weight excluding hydrogens is 306 g/mol. The monoisotopic (exact) mass is 325 g/mol. The molecule has 2 aliphatic heterocycles. The minimum atomic E-state index is -0.0453. The molecule has 1 atom stereocenters. The second-order valence-electron chi connectivity index (χ2n) is 6.17. The number of hydrogen-bond acceptors (Lipinski definition) is 5. The van der Waals surface area contributed by atoms with Gasteiger partial charge in [-0.2, -0.15) is 0 Å². The third-order valence-corrected chi connectivity index (χ3v) is 4.35. The van der Waals surface area contributed by atoms with E-state index in [1.54, 1.807) is 23.2 Å². The number of aryl methyl sites for hydroxylation is 1. The number of pyridine rings is 2. The fraction of sp³-hybridized carbons (Fsp3) is 0.389. The molecule has 2 aromatic rings. The number of rotatable bonds is 3. The smallest absolute Gasteiger partial charge is 0.258 e. The molecule has 2 aliphatic rings. The van der Waals surface area contributed by atoms with E-state index >= 15 is 0 Å². The van der Waals surface area contributed by atoms with Crippen molar-refractivity contribution in [3.63, 3.8) is 0 Å². The molecule has 0 saturated carbocycles. The molecule has 4 heterocycles. The van der Waals surface area contributed by atoms with Crippen LogP contribution in [0.25, 0.3) is 0 Å². The summed E-state index contributed by atoms with van der Waals surface area (Å²) in [5, 5.41) is 0. The molecule has 0 aromatic carbocycles. The van der Waals surface area contributed by atoms with E-state index in [0.717, 1.165) is 29.8 Å². The van der Waals surface area contributed by atoms with E-state index in [4.69, 9.17) is 9.47 Å². The van der Waals surface area contributed by atoms with Crippen molar-refractivity contribution in [3.05, 3.63) is 47.4 Å².